The van der Waals surface area contributed by atoms with Crippen LogP contribution in [0.5, 0.6) is 0 Å². The summed E-state index contributed by atoms with van der Waals surface area (Å²) in [4.78, 5) is 10.7. The van der Waals surface area contributed by atoms with E-state index in [2.05, 4.69) is 9.46 Å². The Morgan fingerprint density at radius 2 is 2.17 bits per heavy atom. The van der Waals surface area contributed by atoms with Gasteiger partial charge in [-0.05, 0) is 27.7 Å². The predicted octanol–water partition coefficient (Wildman–Crippen LogP) is 1.97. The summed E-state index contributed by atoms with van der Waals surface area (Å²) in [6, 6.07) is 0. The molecule has 0 aliphatic carbocycles. The third kappa shape index (κ3) is 2.28. The molecule has 0 saturated carbocycles. The highest BCUT2D eigenvalue weighted by Crippen LogP contribution is 2.44. The van der Waals surface area contributed by atoms with Crippen LogP contribution < -0.4 is 4.72 Å². The number of carbonyl (C=O) groups excluding carboxylic acids is 1. The van der Waals surface area contributed by atoms with E-state index in [0.717, 1.165) is 6.42 Å². The van der Waals surface area contributed by atoms with Crippen molar-refractivity contribution in [3.63, 3.8) is 0 Å². The standard InChI is InChI=1S/C7H11NO3S/c1-11-7(9)8-12(10)5-3-2-4-6-12/h3-6,10H,2H2,1H3,(H,8,9). The Morgan fingerprint density at radius 3 is 2.67 bits per heavy atom. The van der Waals surface area contributed by atoms with E-state index >= 15 is 0 Å². The number of ether oxygens (including phenoxy) is 1. The van der Waals surface area contributed by atoms with Crippen LogP contribution >= 0.6 is 10.5 Å². The van der Waals surface area contributed by atoms with E-state index in [-0.39, 0.29) is 0 Å². The number of amides is 1. The Bertz CT molecular complexity index is 225. The van der Waals surface area contributed by atoms with E-state index in [9.17, 15) is 9.35 Å². The van der Waals surface area contributed by atoms with E-state index in [1.165, 1.54) is 7.11 Å². The first-order valence-corrected chi connectivity index (χ1v) is 5.12. The average Bonchev–Trinajstić information content (AvgIpc) is 2.05. The van der Waals surface area contributed by atoms with Crippen molar-refractivity contribution in [2.45, 2.75) is 6.42 Å². The van der Waals surface area contributed by atoms with Crippen LogP contribution in [0.2, 0.25) is 0 Å². The van der Waals surface area contributed by atoms with Gasteiger partial charge in [0.05, 0.1) is 7.11 Å². The van der Waals surface area contributed by atoms with Crippen LogP contribution in [0.3, 0.4) is 0 Å². The first-order valence-electron chi connectivity index (χ1n) is 3.41. The number of hydrogen-bond donors (Lipinski definition) is 2. The van der Waals surface area contributed by atoms with Crippen LogP contribution in [0.1, 0.15) is 6.42 Å². The number of nitrogens with one attached hydrogen (secondary N) is 1. The van der Waals surface area contributed by atoms with Crippen molar-refractivity contribution < 1.29 is 14.1 Å². The first-order chi connectivity index (χ1) is 5.66. The lowest BCUT2D eigenvalue weighted by Crippen LogP contribution is -2.25. The molecule has 0 aromatic rings. The second-order valence-corrected chi connectivity index (χ2v) is 4.34. The molecule has 0 bridgehead atoms. The summed E-state index contributed by atoms with van der Waals surface area (Å²) in [5.41, 5.74) is 0. The van der Waals surface area contributed by atoms with Crippen molar-refractivity contribution in [2.24, 2.45) is 0 Å². The van der Waals surface area contributed by atoms with Crippen LogP contribution in [0.15, 0.2) is 23.0 Å². The molecule has 68 valence electrons. The largest absolute Gasteiger partial charge is 0.452 e. The molecule has 12 heavy (non-hydrogen) atoms. The SMILES string of the molecule is COC(=O)NS1(O)C=CCC=C1. The Labute approximate surface area is 72.6 Å². The van der Waals surface area contributed by atoms with Gasteiger partial charge in [-0.3, -0.25) is 4.72 Å². The minimum Gasteiger partial charge on any atom is -0.452 e. The molecule has 1 heterocycles. The van der Waals surface area contributed by atoms with Gasteiger partial charge in [0.15, 0.2) is 0 Å². The zero-order valence-corrected chi connectivity index (χ0v) is 7.50. The van der Waals surface area contributed by atoms with Gasteiger partial charge in [0.1, 0.15) is 0 Å². The van der Waals surface area contributed by atoms with Crippen molar-refractivity contribution in [3.8, 4) is 0 Å². The van der Waals surface area contributed by atoms with Gasteiger partial charge in [0.2, 0.25) is 0 Å². The maximum atomic E-state index is 10.7. The number of methoxy groups -OCH3 is 1. The van der Waals surface area contributed by atoms with Gasteiger partial charge >= 0.3 is 6.09 Å². The summed E-state index contributed by atoms with van der Waals surface area (Å²) in [6.07, 6.45) is 3.76. The molecule has 0 spiro atoms. The van der Waals surface area contributed by atoms with Crippen molar-refractivity contribution in [1.82, 2.24) is 4.72 Å². The average molecular weight is 189 g/mol. The zero-order chi connectivity index (χ0) is 9.03. The van der Waals surface area contributed by atoms with E-state index in [0.29, 0.717) is 0 Å². The smallest absolute Gasteiger partial charge is 0.417 e. The molecule has 1 amide bonds. The molecule has 1 rings (SSSR count). The summed E-state index contributed by atoms with van der Waals surface area (Å²) in [5, 5.41) is 3.17. The highest BCUT2D eigenvalue weighted by molar-refractivity contribution is 8.32. The molecule has 0 aromatic heterocycles. The topological polar surface area (TPSA) is 58.6 Å². The number of carbonyl (C=O) groups is 1. The first kappa shape index (κ1) is 9.15. The van der Waals surface area contributed by atoms with Crippen LogP contribution in [0.4, 0.5) is 4.79 Å². The fourth-order valence-electron chi connectivity index (χ4n) is 0.772. The number of hydrogen-bond acceptors (Lipinski definition) is 3. The monoisotopic (exact) mass is 189 g/mol. The van der Waals surface area contributed by atoms with Crippen LogP contribution in [0.25, 0.3) is 0 Å². The molecule has 0 atom stereocenters. The van der Waals surface area contributed by atoms with Crippen molar-refractivity contribution in [2.75, 3.05) is 7.11 Å². The summed E-state index contributed by atoms with van der Waals surface area (Å²) in [7, 11) is -0.979. The van der Waals surface area contributed by atoms with Gasteiger partial charge in [-0.2, -0.15) is 0 Å². The quantitative estimate of drug-likeness (QED) is 0.663. The van der Waals surface area contributed by atoms with Gasteiger partial charge in [0.25, 0.3) is 0 Å². The molecule has 4 nitrogen and oxygen atoms in total. The molecule has 1 aliphatic heterocycles. The van der Waals surface area contributed by atoms with Gasteiger partial charge in [-0.1, -0.05) is 12.2 Å². The molecular weight excluding hydrogens is 178 g/mol. The lowest BCUT2D eigenvalue weighted by atomic mass is 10.4. The normalized spacial score (nSPS) is 21.5. The lowest BCUT2D eigenvalue weighted by Gasteiger charge is -2.28. The van der Waals surface area contributed by atoms with E-state index < -0.39 is 16.6 Å². The Kier molecular flexibility index (Phi) is 2.78. The molecule has 0 unspecified atom stereocenters. The lowest BCUT2D eigenvalue weighted by molar-refractivity contribution is 0.178. The zero-order valence-electron chi connectivity index (χ0n) is 6.69. The van der Waals surface area contributed by atoms with Gasteiger partial charge in [0, 0.05) is 0 Å². The molecule has 5 heteroatoms. The Morgan fingerprint density at radius 1 is 1.58 bits per heavy atom. The third-order valence-electron chi connectivity index (χ3n) is 1.31. The van der Waals surface area contributed by atoms with Crippen LogP contribution in [0, 0.1) is 0 Å². The minimum atomic E-state index is -2.24. The Balaban J connectivity index is 2.59. The number of rotatable bonds is 1. The molecule has 0 saturated heterocycles. The van der Waals surface area contributed by atoms with Gasteiger partial charge < -0.3 is 9.29 Å². The van der Waals surface area contributed by atoms with Crippen LogP contribution in [-0.4, -0.2) is 17.8 Å². The highest BCUT2D eigenvalue weighted by atomic mass is 32.3. The molecule has 0 radical (unpaired) electrons. The third-order valence-corrected chi connectivity index (χ3v) is 3.02. The predicted molar refractivity (Wildman–Crippen MR) is 48.7 cm³/mol. The summed E-state index contributed by atoms with van der Waals surface area (Å²) < 4.78 is 16.4. The van der Waals surface area contributed by atoms with E-state index in [4.69, 9.17) is 0 Å². The second kappa shape index (κ2) is 3.64. The molecular formula is C7H11NO3S. The molecule has 0 fully saturated rings. The van der Waals surface area contributed by atoms with E-state index in [1.807, 2.05) is 0 Å². The number of allylic oxidation sites excluding steroid dienone is 2. The summed E-state index contributed by atoms with van der Waals surface area (Å²) in [6.45, 7) is 0. The summed E-state index contributed by atoms with van der Waals surface area (Å²) in [5.74, 6) is 0. The van der Waals surface area contributed by atoms with Gasteiger partial charge in [-0.15, -0.1) is 0 Å². The van der Waals surface area contributed by atoms with Crippen LogP contribution in [-0.2, 0) is 4.74 Å². The fraction of sp³-hybridized carbons (Fsp3) is 0.286. The van der Waals surface area contributed by atoms with Crippen molar-refractivity contribution in [1.29, 1.82) is 0 Å². The van der Waals surface area contributed by atoms with Crippen molar-refractivity contribution in [3.05, 3.63) is 23.0 Å². The highest BCUT2D eigenvalue weighted by Gasteiger charge is 2.17. The Hall–Kier alpha value is -0.940. The fourth-order valence-corrected chi connectivity index (χ4v) is 2.16. The maximum absolute atomic E-state index is 10.7. The second-order valence-electron chi connectivity index (χ2n) is 2.25. The molecule has 0 aromatic carbocycles. The van der Waals surface area contributed by atoms with Crippen molar-refractivity contribution >= 4 is 16.6 Å². The van der Waals surface area contributed by atoms with Gasteiger partial charge in [-0.25, -0.2) is 4.79 Å². The summed E-state index contributed by atoms with van der Waals surface area (Å²) >= 11 is 0. The minimum absolute atomic E-state index is 0.622. The maximum Gasteiger partial charge on any atom is 0.417 e. The molecule has 1 aliphatic rings. The van der Waals surface area contributed by atoms with E-state index in [1.54, 1.807) is 23.0 Å². The molecule has 2 N–H and O–H groups in total.